The molecule has 5 heteroatoms. The fourth-order valence-corrected chi connectivity index (χ4v) is 1.69. The number of rotatable bonds is 7. The van der Waals surface area contributed by atoms with E-state index in [1.54, 1.807) is 6.07 Å². The molecule has 0 aliphatic carbocycles. The lowest BCUT2D eigenvalue weighted by Crippen LogP contribution is -1.99. The van der Waals surface area contributed by atoms with Gasteiger partial charge in [0.05, 0.1) is 11.1 Å². The third-order valence-electron chi connectivity index (χ3n) is 2.19. The highest BCUT2D eigenvalue weighted by Gasteiger charge is 2.03. The van der Waals surface area contributed by atoms with Crippen LogP contribution in [-0.2, 0) is 4.79 Å². The Morgan fingerprint density at radius 3 is 2.82 bits per heavy atom. The van der Waals surface area contributed by atoms with Gasteiger partial charge in [-0.1, -0.05) is 0 Å². The van der Waals surface area contributed by atoms with Gasteiger partial charge in [0.25, 0.3) is 0 Å². The van der Waals surface area contributed by atoms with Gasteiger partial charge in [-0.2, -0.15) is 0 Å². The van der Waals surface area contributed by atoms with Crippen molar-refractivity contribution in [2.24, 2.45) is 0 Å². The number of aliphatic carboxylic acids is 1. The summed E-state index contributed by atoms with van der Waals surface area (Å²) in [6, 6.07) is 4.26. The van der Waals surface area contributed by atoms with Crippen LogP contribution in [0, 0.1) is 5.82 Å². The highest BCUT2D eigenvalue weighted by Crippen LogP contribution is 2.25. The van der Waals surface area contributed by atoms with Crippen LogP contribution >= 0.6 is 15.9 Å². The number of carboxylic acid groups (broad SMARTS) is 1. The van der Waals surface area contributed by atoms with Crippen LogP contribution in [0.25, 0.3) is 0 Å². The zero-order valence-corrected chi connectivity index (χ0v) is 10.9. The lowest BCUT2D eigenvalue weighted by Gasteiger charge is -2.07. The van der Waals surface area contributed by atoms with Crippen LogP contribution in [0.3, 0.4) is 0 Å². The molecule has 1 N–H and O–H groups in total. The van der Waals surface area contributed by atoms with Gasteiger partial charge in [-0.05, 0) is 47.3 Å². The summed E-state index contributed by atoms with van der Waals surface area (Å²) in [5, 5.41) is 8.44. The average molecular weight is 305 g/mol. The molecule has 1 rings (SSSR count). The first kappa shape index (κ1) is 14.0. The second-order valence-electron chi connectivity index (χ2n) is 3.63. The Labute approximate surface area is 108 Å². The van der Waals surface area contributed by atoms with Gasteiger partial charge in [0.15, 0.2) is 0 Å². The molecule has 0 fully saturated rings. The van der Waals surface area contributed by atoms with Gasteiger partial charge in [-0.15, -0.1) is 0 Å². The lowest BCUT2D eigenvalue weighted by molar-refractivity contribution is -0.137. The van der Waals surface area contributed by atoms with Crippen LogP contribution in [-0.4, -0.2) is 17.7 Å². The van der Waals surface area contributed by atoms with E-state index >= 15 is 0 Å². The Kier molecular flexibility index (Phi) is 5.97. The van der Waals surface area contributed by atoms with Crippen LogP contribution < -0.4 is 4.74 Å². The molecule has 1 aromatic rings. The molecule has 17 heavy (non-hydrogen) atoms. The van der Waals surface area contributed by atoms with E-state index in [9.17, 15) is 9.18 Å². The molecule has 0 aliphatic heterocycles. The zero-order chi connectivity index (χ0) is 12.7. The van der Waals surface area contributed by atoms with E-state index in [1.807, 2.05) is 0 Å². The number of carboxylic acids is 1. The number of ether oxygens (including phenoxy) is 1. The molecule has 94 valence electrons. The van der Waals surface area contributed by atoms with E-state index in [-0.39, 0.29) is 12.2 Å². The van der Waals surface area contributed by atoms with Crippen molar-refractivity contribution in [1.29, 1.82) is 0 Å². The van der Waals surface area contributed by atoms with E-state index in [1.165, 1.54) is 12.1 Å². The Morgan fingerprint density at radius 1 is 1.35 bits per heavy atom. The quantitative estimate of drug-likeness (QED) is 0.783. The Hall–Kier alpha value is -1.10. The van der Waals surface area contributed by atoms with E-state index in [0.717, 1.165) is 12.8 Å². The topological polar surface area (TPSA) is 46.5 Å². The van der Waals surface area contributed by atoms with Crippen molar-refractivity contribution in [3.8, 4) is 5.75 Å². The minimum atomic E-state index is -0.779. The number of hydrogen-bond donors (Lipinski definition) is 1. The van der Waals surface area contributed by atoms with Crippen LogP contribution in [0.5, 0.6) is 5.75 Å². The molecule has 3 nitrogen and oxygen atoms in total. The summed E-state index contributed by atoms with van der Waals surface area (Å²) in [6.45, 7) is 0.460. The molecular weight excluding hydrogens is 291 g/mol. The van der Waals surface area contributed by atoms with Crippen molar-refractivity contribution >= 4 is 21.9 Å². The van der Waals surface area contributed by atoms with E-state index in [0.29, 0.717) is 23.2 Å². The first-order chi connectivity index (χ1) is 8.09. The number of hydrogen-bond acceptors (Lipinski definition) is 2. The Balaban J connectivity index is 2.22. The third kappa shape index (κ3) is 5.68. The van der Waals surface area contributed by atoms with Crippen molar-refractivity contribution < 1.29 is 19.0 Å². The molecule has 0 aliphatic rings. The first-order valence-electron chi connectivity index (χ1n) is 5.39. The fraction of sp³-hybridized carbons (Fsp3) is 0.417. The standard InChI is InChI=1S/C12H14BrFO3/c13-10-6-5-9(14)8-11(10)17-7-3-1-2-4-12(15)16/h5-6,8H,1-4,7H2,(H,15,16). The predicted molar refractivity (Wildman–Crippen MR) is 65.7 cm³/mol. The van der Waals surface area contributed by atoms with Crippen molar-refractivity contribution in [1.82, 2.24) is 0 Å². The molecular formula is C12H14BrFO3. The van der Waals surface area contributed by atoms with E-state index in [2.05, 4.69) is 15.9 Å². The molecule has 0 saturated heterocycles. The first-order valence-corrected chi connectivity index (χ1v) is 6.18. The highest BCUT2D eigenvalue weighted by molar-refractivity contribution is 9.10. The van der Waals surface area contributed by atoms with Crippen molar-refractivity contribution in [2.45, 2.75) is 25.7 Å². The number of benzene rings is 1. The van der Waals surface area contributed by atoms with Crippen molar-refractivity contribution in [2.75, 3.05) is 6.61 Å². The van der Waals surface area contributed by atoms with Crippen molar-refractivity contribution in [3.63, 3.8) is 0 Å². The fourth-order valence-electron chi connectivity index (χ4n) is 1.32. The molecule has 0 spiro atoms. The third-order valence-corrected chi connectivity index (χ3v) is 2.84. The molecule has 0 radical (unpaired) electrons. The highest BCUT2D eigenvalue weighted by atomic mass is 79.9. The van der Waals surface area contributed by atoms with Gasteiger partial charge in [-0.25, -0.2) is 4.39 Å². The van der Waals surface area contributed by atoms with E-state index < -0.39 is 5.97 Å². The minimum Gasteiger partial charge on any atom is -0.492 e. The summed E-state index contributed by atoms with van der Waals surface area (Å²) in [7, 11) is 0. The average Bonchev–Trinajstić information content (AvgIpc) is 2.27. The minimum absolute atomic E-state index is 0.184. The Bertz CT molecular complexity index is 382. The second kappa shape index (κ2) is 7.27. The van der Waals surface area contributed by atoms with Gasteiger partial charge in [0.2, 0.25) is 0 Å². The maximum Gasteiger partial charge on any atom is 0.303 e. The van der Waals surface area contributed by atoms with Gasteiger partial charge >= 0.3 is 5.97 Å². The summed E-state index contributed by atoms with van der Waals surface area (Å²) >= 11 is 3.26. The maximum absolute atomic E-state index is 12.9. The summed E-state index contributed by atoms with van der Waals surface area (Å²) in [5.41, 5.74) is 0. The molecule has 0 saturated carbocycles. The van der Waals surface area contributed by atoms with Gasteiger partial charge in [0.1, 0.15) is 11.6 Å². The summed E-state index contributed by atoms with van der Waals surface area (Å²) in [5.74, 6) is -0.642. The van der Waals surface area contributed by atoms with Crippen LogP contribution in [0.4, 0.5) is 4.39 Å². The van der Waals surface area contributed by atoms with Gasteiger partial charge in [-0.3, -0.25) is 4.79 Å². The van der Waals surface area contributed by atoms with Crippen molar-refractivity contribution in [3.05, 3.63) is 28.5 Å². The lowest BCUT2D eigenvalue weighted by atomic mass is 10.2. The molecule has 0 heterocycles. The SMILES string of the molecule is O=C(O)CCCCCOc1cc(F)ccc1Br. The van der Waals surface area contributed by atoms with Crippen LogP contribution in [0.15, 0.2) is 22.7 Å². The largest absolute Gasteiger partial charge is 0.492 e. The summed E-state index contributed by atoms with van der Waals surface area (Å²) in [4.78, 5) is 10.3. The predicted octanol–water partition coefficient (Wildman–Crippen LogP) is 3.61. The van der Waals surface area contributed by atoms with Gasteiger partial charge < -0.3 is 9.84 Å². The van der Waals surface area contributed by atoms with E-state index in [4.69, 9.17) is 9.84 Å². The zero-order valence-electron chi connectivity index (χ0n) is 9.29. The number of unbranched alkanes of at least 4 members (excludes halogenated alkanes) is 2. The normalized spacial score (nSPS) is 10.2. The maximum atomic E-state index is 12.9. The molecule has 0 aromatic heterocycles. The molecule has 1 aromatic carbocycles. The van der Waals surface area contributed by atoms with Crippen LogP contribution in [0.2, 0.25) is 0 Å². The Morgan fingerprint density at radius 2 is 2.12 bits per heavy atom. The molecule has 0 atom stereocenters. The smallest absolute Gasteiger partial charge is 0.303 e. The summed E-state index contributed by atoms with van der Waals surface area (Å²) < 4.78 is 19.0. The van der Waals surface area contributed by atoms with Gasteiger partial charge in [0, 0.05) is 12.5 Å². The molecule has 0 amide bonds. The number of halogens is 2. The monoisotopic (exact) mass is 304 g/mol. The molecule has 0 bridgehead atoms. The number of carbonyl (C=O) groups is 1. The second-order valence-corrected chi connectivity index (χ2v) is 4.48. The summed E-state index contributed by atoms with van der Waals surface area (Å²) in [6.07, 6.45) is 2.38. The van der Waals surface area contributed by atoms with Crippen LogP contribution in [0.1, 0.15) is 25.7 Å². The molecule has 0 unspecified atom stereocenters.